The van der Waals surface area contributed by atoms with Crippen molar-refractivity contribution in [2.24, 2.45) is 5.92 Å². The second-order valence-corrected chi connectivity index (χ2v) is 8.09. The molecule has 3 aromatic rings. The number of nitrogens with one attached hydrogen (secondary N) is 1. The molecule has 0 radical (unpaired) electrons. The van der Waals surface area contributed by atoms with Crippen molar-refractivity contribution < 1.29 is 9.53 Å². The summed E-state index contributed by atoms with van der Waals surface area (Å²) in [4.78, 5) is 35.9. The third kappa shape index (κ3) is 3.87. The summed E-state index contributed by atoms with van der Waals surface area (Å²) < 4.78 is 5.24. The van der Waals surface area contributed by atoms with E-state index >= 15 is 0 Å². The number of nitrogens with zero attached hydrogens (tertiary/aromatic N) is 6. The number of H-pyrrole nitrogens is 1. The molecule has 9 nitrogen and oxygen atoms in total. The molecule has 9 heteroatoms. The molecule has 1 aromatic carbocycles. The monoisotopic (exact) mass is 421 g/mol. The molecule has 0 spiro atoms. The number of hydrogen-bond acceptors (Lipinski definition) is 7. The van der Waals surface area contributed by atoms with E-state index in [9.17, 15) is 4.79 Å². The fraction of sp³-hybridized carbons (Fsp3) is 0.455. The van der Waals surface area contributed by atoms with Crippen LogP contribution >= 0.6 is 0 Å². The van der Waals surface area contributed by atoms with Gasteiger partial charge in [0, 0.05) is 45.0 Å². The van der Waals surface area contributed by atoms with Gasteiger partial charge in [-0.3, -0.25) is 4.79 Å². The zero-order valence-corrected chi connectivity index (χ0v) is 17.7. The van der Waals surface area contributed by atoms with E-state index in [2.05, 4.69) is 41.9 Å². The van der Waals surface area contributed by atoms with E-state index in [1.165, 1.54) is 5.69 Å². The van der Waals surface area contributed by atoms with Crippen molar-refractivity contribution in [2.75, 3.05) is 56.2 Å². The van der Waals surface area contributed by atoms with Crippen LogP contribution in [0.5, 0.6) is 5.75 Å². The number of aromatic amines is 1. The first-order chi connectivity index (χ1) is 15.2. The van der Waals surface area contributed by atoms with Crippen LogP contribution in [0, 0.1) is 5.92 Å². The summed E-state index contributed by atoms with van der Waals surface area (Å²) in [5.74, 6) is 1.95. The number of anilines is 2. The first-order valence-corrected chi connectivity index (χ1v) is 10.8. The summed E-state index contributed by atoms with van der Waals surface area (Å²) in [6.45, 7) is 4.76. The van der Waals surface area contributed by atoms with Gasteiger partial charge in [-0.2, -0.15) is 0 Å². The molecule has 31 heavy (non-hydrogen) atoms. The molecule has 0 saturated carbocycles. The number of ether oxygens (including phenoxy) is 1. The maximum Gasteiger partial charge on any atom is 0.227 e. The van der Waals surface area contributed by atoms with Crippen molar-refractivity contribution >= 4 is 28.6 Å². The zero-order chi connectivity index (χ0) is 21.2. The van der Waals surface area contributed by atoms with Gasteiger partial charge in [0.2, 0.25) is 5.91 Å². The van der Waals surface area contributed by atoms with Gasteiger partial charge in [0.1, 0.15) is 17.6 Å². The molecule has 1 amide bonds. The molecular formula is C22H27N7O2. The van der Waals surface area contributed by atoms with E-state index in [1.54, 1.807) is 19.8 Å². The van der Waals surface area contributed by atoms with E-state index in [0.29, 0.717) is 12.2 Å². The Morgan fingerprint density at radius 3 is 2.61 bits per heavy atom. The Morgan fingerprint density at radius 1 is 1.03 bits per heavy atom. The number of carbonyl (C=O) groups is 1. The Hall–Kier alpha value is -3.36. The number of aromatic nitrogens is 4. The highest BCUT2D eigenvalue weighted by Crippen LogP contribution is 2.27. The van der Waals surface area contributed by atoms with E-state index in [0.717, 1.165) is 62.6 Å². The van der Waals surface area contributed by atoms with Gasteiger partial charge >= 0.3 is 0 Å². The first kappa shape index (κ1) is 19.6. The fourth-order valence-electron chi connectivity index (χ4n) is 4.60. The zero-order valence-electron chi connectivity index (χ0n) is 17.7. The topological polar surface area (TPSA) is 90.5 Å². The van der Waals surface area contributed by atoms with Crippen LogP contribution in [0.3, 0.4) is 0 Å². The average molecular weight is 422 g/mol. The van der Waals surface area contributed by atoms with E-state index in [4.69, 9.17) is 4.74 Å². The molecule has 0 bridgehead atoms. The predicted octanol–water partition coefficient (Wildman–Crippen LogP) is 1.93. The first-order valence-electron chi connectivity index (χ1n) is 10.8. The van der Waals surface area contributed by atoms with Gasteiger partial charge in [-0.1, -0.05) is 0 Å². The lowest BCUT2D eigenvalue weighted by atomic mass is 9.96. The summed E-state index contributed by atoms with van der Waals surface area (Å²) in [5, 5.41) is 0. The Balaban J connectivity index is 1.22. The highest BCUT2D eigenvalue weighted by Gasteiger charge is 2.32. The Morgan fingerprint density at radius 2 is 1.84 bits per heavy atom. The number of imidazole rings is 1. The summed E-state index contributed by atoms with van der Waals surface area (Å²) in [6.07, 6.45) is 5.08. The molecule has 2 fully saturated rings. The molecule has 1 atom stereocenters. The maximum atomic E-state index is 13.3. The number of carbonyl (C=O) groups excluding carboxylic acids is 1. The number of hydrogen-bond donors (Lipinski definition) is 1. The van der Waals surface area contributed by atoms with Crippen molar-refractivity contribution in [1.29, 1.82) is 0 Å². The predicted molar refractivity (Wildman–Crippen MR) is 118 cm³/mol. The van der Waals surface area contributed by atoms with Gasteiger partial charge in [-0.05, 0) is 37.1 Å². The molecule has 2 saturated heterocycles. The van der Waals surface area contributed by atoms with Crippen molar-refractivity contribution in [3.05, 3.63) is 36.9 Å². The van der Waals surface area contributed by atoms with Gasteiger partial charge in [-0.25, -0.2) is 15.0 Å². The number of amides is 1. The van der Waals surface area contributed by atoms with Crippen LogP contribution in [0.2, 0.25) is 0 Å². The maximum absolute atomic E-state index is 13.3. The third-order valence-electron chi connectivity index (χ3n) is 6.30. The quantitative estimate of drug-likeness (QED) is 0.688. The van der Waals surface area contributed by atoms with Crippen LogP contribution in [0.15, 0.2) is 36.9 Å². The van der Waals surface area contributed by atoms with Crippen LogP contribution in [0.1, 0.15) is 12.8 Å². The normalized spacial score (nSPS) is 19.6. The molecule has 2 aromatic heterocycles. The Bertz CT molecular complexity index is 1040. The molecule has 2 aliphatic rings. The van der Waals surface area contributed by atoms with Crippen molar-refractivity contribution in [3.8, 4) is 5.75 Å². The molecular weight excluding hydrogens is 394 g/mol. The molecule has 0 unspecified atom stereocenters. The van der Waals surface area contributed by atoms with E-state index in [-0.39, 0.29) is 11.8 Å². The molecule has 0 aliphatic carbocycles. The number of methoxy groups -OCH3 is 1. The number of piperidine rings is 1. The largest absolute Gasteiger partial charge is 0.497 e. The van der Waals surface area contributed by atoms with Crippen molar-refractivity contribution in [3.63, 3.8) is 0 Å². The lowest BCUT2D eigenvalue weighted by Gasteiger charge is -2.40. The van der Waals surface area contributed by atoms with Gasteiger partial charge in [0.25, 0.3) is 0 Å². The van der Waals surface area contributed by atoms with Gasteiger partial charge in [-0.15, -0.1) is 0 Å². The summed E-state index contributed by atoms with van der Waals surface area (Å²) >= 11 is 0. The fourth-order valence-corrected chi connectivity index (χ4v) is 4.60. The summed E-state index contributed by atoms with van der Waals surface area (Å²) in [5.41, 5.74) is 2.67. The van der Waals surface area contributed by atoms with Crippen molar-refractivity contribution in [2.45, 2.75) is 12.8 Å². The number of piperazine rings is 1. The minimum absolute atomic E-state index is 0.00535. The highest BCUT2D eigenvalue weighted by molar-refractivity contribution is 5.84. The molecule has 2 aliphatic heterocycles. The van der Waals surface area contributed by atoms with Gasteiger partial charge < -0.3 is 24.4 Å². The summed E-state index contributed by atoms with van der Waals surface area (Å²) in [7, 11) is 1.67. The van der Waals surface area contributed by atoms with Crippen LogP contribution in [0.4, 0.5) is 11.5 Å². The molecule has 4 heterocycles. The van der Waals surface area contributed by atoms with Crippen LogP contribution in [-0.4, -0.2) is 77.1 Å². The molecule has 5 rings (SSSR count). The van der Waals surface area contributed by atoms with Gasteiger partial charge in [0.05, 0.1) is 19.4 Å². The second-order valence-electron chi connectivity index (χ2n) is 8.09. The number of fused-ring (bicyclic) bond motifs is 1. The number of benzene rings is 1. The van der Waals surface area contributed by atoms with E-state index < -0.39 is 0 Å². The van der Waals surface area contributed by atoms with Crippen LogP contribution < -0.4 is 14.5 Å². The lowest BCUT2D eigenvalue weighted by Crippen LogP contribution is -2.52. The summed E-state index contributed by atoms with van der Waals surface area (Å²) in [6, 6.07) is 8.11. The second kappa shape index (κ2) is 8.41. The minimum Gasteiger partial charge on any atom is -0.497 e. The van der Waals surface area contributed by atoms with E-state index in [1.807, 2.05) is 17.0 Å². The van der Waals surface area contributed by atoms with Gasteiger partial charge in [0.15, 0.2) is 11.5 Å². The third-order valence-corrected chi connectivity index (χ3v) is 6.30. The standard InChI is InChI=1S/C22H27N7O2/c1-31-18-6-4-17(5-7-18)27-9-11-28(12-10-27)22(30)16-3-2-8-29(13-16)21-19-20(24-14-23-19)25-15-26-21/h4-7,14-16H,2-3,8-13H2,1H3,(H,23,24,25,26)/t16-/m1/s1. The smallest absolute Gasteiger partial charge is 0.227 e. The lowest BCUT2D eigenvalue weighted by molar-refractivity contribution is -0.136. The highest BCUT2D eigenvalue weighted by atomic mass is 16.5. The van der Waals surface area contributed by atoms with Crippen molar-refractivity contribution in [1.82, 2.24) is 24.8 Å². The van der Waals surface area contributed by atoms with Crippen LogP contribution in [0.25, 0.3) is 11.2 Å². The average Bonchev–Trinajstić information content (AvgIpc) is 3.33. The minimum atomic E-state index is -0.00535. The van der Waals surface area contributed by atoms with Crippen LogP contribution in [-0.2, 0) is 4.79 Å². The number of rotatable bonds is 4. The Kier molecular flexibility index (Phi) is 5.31. The SMILES string of the molecule is COc1ccc(N2CCN(C(=O)[C@@H]3CCCN(c4ncnc5nc[nH]c45)C3)CC2)cc1. The molecule has 162 valence electrons. The Labute approximate surface area is 181 Å². The molecule has 1 N–H and O–H groups in total.